The first-order valence-corrected chi connectivity index (χ1v) is 5.11. The fraction of sp³-hybridized carbons (Fsp3) is 0. The zero-order valence-corrected chi connectivity index (χ0v) is 9.29. The minimum absolute atomic E-state index is 0.516. The van der Waals surface area contributed by atoms with Crippen LogP contribution in [0.2, 0.25) is 5.02 Å². The van der Waals surface area contributed by atoms with Crippen LogP contribution in [0.1, 0.15) is 0 Å². The summed E-state index contributed by atoms with van der Waals surface area (Å²) in [6.45, 7) is 0. The molecule has 0 atom stereocenters. The van der Waals surface area contributed by atoms with E-state index in [4.69, 9.17) is 23.8 Å². The normalized spacial score (nSPS) is 9.93. The molecule has 0 aliphatic heterocycles. The van der Waals surface area contributed by atoms with Gasteiger partial charge in [-0.1, -0.05) is 17.7 Å². The minimum atomic E-state index is 0.516. The van der Waals surface area contributed by atoms with E-state index in [0.717, 1.165) is 5.69 Å². The summed E-state index contributed by atoms with van der Waals surface area (Å²) in [5, 5.41) is 8.23. The summed E-state index contributed by atoms with van der Waals surface area (Å²) in [5.41, 5.74) is 0.850. The Balaban J connectivity index is 2.13. The zero-order valence-electron chi connectivity index (χ0n) is 7.72. The van der Waals surface area contributed by atoms with Crippen molar-refractivity contribution >= 4 is 34.6 Å². The van der Waals surface area contributed by atoms with Crippen molar-refractivity contribution in [2.24, 2.45) is 0 Å². The SMILES string of the molecule is S=C(Nc1cccc(Cl)c1)n1cccn1. The Bertz CT molecular complexity index is 467. The highest BCUT2D eigenvalue weighted by molar-refractivity contribution is 7.80. The molecule has 76 valence electrons. The maximum atomic E-state index is 5.85. The number of hydrogen-bond donors (Lipinski definition) is 1. The fourth-order valence-corrected chi connectivity index (χ4v) is 1.55. The van der Waals surface area contributed by atoms with Crippen LogP contribution in [-0.2, 0) is 0 Å². The molecule has 0 saturated heterocycles. The van der Waals surface area contributed by atoms with E-state index in [-0.39, 0.29) is 0 Å². The second kappa shape index (κ2) is 4.42. The van der Waals surface area contributed by atoms with Crippen molar-refractivity contribution in [3.63, 3.8) is 0 Å². The third kappa shape index (κ3) is 2.55. The number of rotatable bonds is 1. The predicted molar refractivity (Wildman–Crippen MR) is 65.3 cm³/mol. The van der Waals surface area contributed by atoms with Gasteiger partial charge in [0, 0.05) is 23.1 Å². The monoisotopic (exact) mass is 237 g/mol. The first kappa shape index (κ1) is 10.1. The average molecular weight is 238 g/mol. The average Bonchev–Trinajstić information content (AvgIpc) is 2.70. The summed E-state index contributed by atoms with van der Waals surface area (Å²) >= 11 is 11.0. The number of hydrogen-bond acceptors (Lipinski definition) is 2. The summed E-state index contributed by atoms with van der Waals surface area (Å²) in [6, 6.07) is 9.17. The van der Waals surface area contributed by atoms with Gasteiger partial charge in [-0.25, -0.2) is 4.68 Å². The van der Waals surface area contributed by atoms with E-state index in [1.807, 2.05) is 24.3 Å². The van der Waals surface area contributed by atoms with Crippen molar-refractivity contribution in [2.75, 3.05) is 5.32 Å². The number of anilines is 1. The molecule has 5 heteroatoms. The van der Waals surface area contributed by atoms with E-state index in [2.05, 4.69) is 10.4 Å². The maximum Gasteiger partial charge on any atom is 0.198 e. The van der Waals surface area contributed by atoms with Crippen molar-refractivity contribution in [1.29, 1.82) is 0 Å². The van der Waals surface area contributed by atoms with Crippen LogP contribution in [0.3, 0.4) is 0 Å². The van der Waals surface area contributed by atoms with Gasteiger partial charge >= 0.3 is 0 Å². The van der Waals surface area contributed by atoms with Crippen LogP contribution in [0, 0.1) is 0 Å². The Labute approximate surface area is 97.7 Å². The smallest absolute Gasteiger partial charge is 0.198 e. The topological polar surface area (TPSA) is 29.9 Å². The number of nitrogens with zero attached hydrogens (tertiary/aromatic N) is 2. The van der Waals surface area contributed by atoms with Gasteiger partial charge in [-0.2, -0.15) is 5.10 Å². The molecule has 3 nitrogen and oxygen atoms in total. The van der Waals surface area contributed by atoms with Crippen molar-refractivity contribution < 1.29 is 0 Å². The van der Waals surface area contributed by atoms with Crippen molar-refractivity contribution in [3.8, 4) is 0 Å². The van der Waals surface area contributed by atoms with E-state index in [1.54, 1.807) is 23.1 Å². The lowest BCUT2D eigenvalue weighted by Gasteiger charge is -2.07. The molecule has 0 fully saturated rings. The molecule has 0 amide bonds. The molecule has 0 aliphatic carbocycles. The lowest BCUT2D eigenvalue weighted by molar-refractivity contribution is 0.947. The highest BCUT2D eigenvalue weighted by Gasteiger charge is 2.00. The molecule has 2 aromatic rings. The Morgan fingerprint density at radius 1 is 1.40 bits per heavy atom. The van der Waals surface area contributed by atoms with E-state index in [0.29, 0.717) is 10.1 Å². The Morgan fingerprint density at radius 2 is 2.27 bits per heavy atom. The number of nitrogens with one attached hydrogen (secondary N) is 1. The Kier molecular flexibility index (Phi) is 2.99. The molecular weight excluding hydrogens is 230 g/mol. The van der Waals surface area contributed by atoms with Crippen LogP contribution in [-0.4, -0.2) is 14.9 Å². The minimum Gasteiger partial charge on any atom is -0.331 e. The van der Waals surface area contributed by atoms with Gasteiger partial charge in [-0.05, 0) is 36.5 Å². The maximum absolute atomic E-state index is 5.85. The molecule has 0 unspecified atom stereocenters. The molecule has 1 aromatic heterocycles. The van der Waals surface area contributed by atoms with Crippen LogP contribution in [0.5, 0.6) is 0 Å². The molecule has 1 N–H and O–H groups in total. The van der Waals surface area contributed by atoms with Crippen LogP contribution in [0.4, 0.5) is 5.69 Å². The number of halogens is 1. The van der Waals surface area contributed by atoms with Crippen LogP contribution >= 0.6 is 23.8 Å². The largest absolute Gasteiger partial charge is 0.331 e. The first-order chi connectivity index (χ1) is 7.25. The second-order valence-corrected chi connectivity index (χ2v) is 3.71. The summed E-state index contributed by atoms with van der Waals surface area (Å²) in [5.74, 6) is 0. The summed E-state index contributed by atoms with van der Waals surface area (Å²) in [6.07, 6.45) is 3.45. The highest BCUT2D eigenvalue weighted by atomic mass is 35.5. The van der Waals surface area contributed by atoms with Crippen molar-refractivity contribution in [3.05, 3.63) is 47.7 Å². The van der Waals surface area contributed by atoms with Gasteiger partial charge in [-0.3, -0.25) is 0 Å². The van der Waals surface area contributed by atoms with Crippen molar-refractivity contribution in [1.82, 2.24) is 9.78 Å². The van der Waals surface area contributed by atoms with Gasteiger partial charge in [-0.15, -0.1) is 0 Å². The van der Waals surface area contributed by atoms with Gasteiger partial charge in [0.05, 0.1) is 0 Å². The van der Waals surface area contributed by atoms with Crippen LogP contribution < -0.4 is 5.32 Å². The molecule has 15 heavy (non-hydrogen) atoms. The quantitative estimate of drug-likeness (QED) is 0.774. The second-order valence-electron chi connectivity index (χ2n) is 2.89. The highest BCUT2D eigenvalue weighted by Crippen LogP contribution is 2.14. The van der Waals surface area contributed by atoms with E-state index < -0.39 is 0 Å². The van der Waals surface area contributed by atoms with E-state index in [9.17, 15) is 0 Å². The Morgan fingerprint density at radius 3 is 2.93 bits per heavy atom. The van der Waals surface area contributed by atoms with Gasteiger partial charge in [0.15, 0.2) is 5.11 Å². The van der Waals surface area contributed by atoms with E-state index >= 15 is 0 Å². The van der Waals surface area contributed by atoms with Gasteiger partial charge in [0.2, 0.25) is 0 Å². The molecular formula is C10H8ClN3S. The third-order valence-corrected chi connectivity index (χ3v) is 2.31. The summed E-state index contributed by atoms with van der Waals surface area (Å²) in [4.78, 5) is 0. The molecule has 0 aliphatic rings. The zero-order chi connectivity index (χ0) is 10.7. The van der Waals surface area contributed by atoms with Gasteiger partial charge < -0.3 is 5.32 Å². The molecule has 1 aromatic carbocycles. The third-order valence-electron chi connectivity index (χ3n) is 1.79. The lowest BCUT2D eigenvalue weighted by atomic mass is 10.3. The van der Waals surface area contributed by atoms with Gasteiger partial charge in [0.25, 0.3) is 0 Å². The first-order valence-electron chi connectivity index (χ1n) is 4.32. The fourth-order valence-electron chi connectivity index (χ4n) is 1.14. The molecule has 1 heterocycles. The van der Waals surface area contributed by atoms with Gasteiger partial charge in [0.1, 0.15) is 0 Å². The standard InChI is InChI=1S/C10H8ClN3S/c11-8-3-1-4-9(7-8)13-10(15)14-6-2-5-12-14/h1-7H,(H,13,15). The molecule has 2 rings (SSSR count). The number of benzene rings is 1. The van der Waals surface area contributed by atoms with Crippen molar-refractivity contribution in [2.45, 2.75) is 0 Å². The molecule has 0 bridgehead atoms. The molecule has 0 radical (unpaired) electrons. The molecule has 0 spiro atoms. The summed E-state index contributed by atoms with van der Waals surface area (Å²) < 4.78 is 1.58. The van der Waals surface area contributed by atoms with Crippen LogP contribution in [0.25, 0.3) is 0 Å². The van der Waals surface area contributed by atoms with Crippen LogP contribution in [0.15, 0.2) is 42.7 Å². The predicted octanol–water partition coefficient (Wildman–Crippen LogP) is 2.78. The Hall–Kier alpha value is -1.39. The molecule has 0 saturated carbocycles. The number of thiocarbonyl (C=S) groups is 1. The lowest BCUT2D eigenvalue weighted by Crippen LogP contribution is -2.19. The summed E-state index contributed by atoms with van der Waals surface area (Å²) in [7, 11) is 0. The van der Waals surface area contributed by atoms with E-state index in [1.165, 1.54) is 0 Å². The number of aromatic nitrogens is 2.